The molecule has 0 spiro atoms. The molecule has 0 atom stereocenters. The topological polar surface area (TPSA) is 6.48 Å². The molecule has 0 bridgehead atoms. The van der Waals surface area contributed by atoms with Gasteiger partial charge < -0.3 is 9.80 Å². The summed E-state index contributed by atoms with van der Waals surface area (Å²) in [5.74, 6) is 1.07. The average Bonchev–Trinajstić information content (AvgIpc) is 3.05. The fourth-order valence-electron chi connectivity index (χ4n) is 2.45. The highest BCUT2D eigenvalue weighted by atomic mass is 15.3. The zero-order valence-electron chi connectivity index (χ0n) is 10.2. The Labute approximate surface area is 94.6 Å². The van der Waals surface area contributed by atoms with Gasteiger partial charge in [-0.3, -0.25) is 0 Å². The Balaban J connectivity index is 1.54. The van der Waals surface area contributed by atoms with Gasteiger partial charge in [0, 0.05) is 32.7 Å². The van der Waals surface area contributed by atoms with Crippen LogP contribution in [0.3, 0.4) is 0 Å². The molecule has 0 aromatic rings. The monoisotopic (exact) mass is 210 g/mol. The molecule has 0 aromatic heterocycles. The molecule has 1 aliphatic carbocycles. The van der Waals surface area contributed by atoms with Crippen LogP contribution < -0.4 is 0 Å². The van der Waals surface area contributed by atoms with E-state index in [-0.39, 0.29) is 0 Å². The van der Waals surface area contributed by atoms with E-state index in [4.69, 9.17) is 0 Å². The minimum Gasteiger partial charge on any atom is -0.301 e. The second-order valence-corrected chi connectivity index (χ2v) is 5.29. The van der Waals surface area contributed by atoms with E-state index in [1.807, 2.05) is 0 Å². The smallest absolute Gasteiger partial charge is 0.0110 e. The zero-order chi connectivity index (χ0) is 10.5. The first-order chi connectivity index (χ1) is 7.38. The van der Waals surface area contributed by atoms with Gasteiger partial charge in [0.1, 0.15) is 0 Å². The van der Waals surface area contributed by atoms with Crippen molar-refractivity contribution in [2.75, 3.05) is 39.3 Å². The molecule has 2 rings (SSSR count). The van der Waals surface area contributed by atoms with Crippen molar-refractivity contribution in [3.63, 3.8) is 0 Å². The van der Waals surface area contributed by atoms with E-state index < -0.39 is 0 Å². The summed E-state index contributed by atoms with van der Waals surface area (Å²) in [7, 11) is 0. The van der Waals surface area contributed by atoms with Crippen LogP contribution in [0.5, 0.6) is 0 Å². The maximum absolute atomic E-state index is 2.67. The molecule has 15 heavy (non-hydrogen) atoms. The van der Waals surface area contributed by atoms with E-state index in [2.05, 4.69) is 16.7 Å². The molecule has 1 heterocycles. The Morgan fingerprint density at radius 1 is 0.933 bits per heavy atom. The van der Waals surface area contributed by atoms with E-state index in [0.29, 0.717) is 0 Å². The third-order valence-corrected chi connectivity index (χ3v) is 3.76. The van der Waals surface area contributed by atoms with Crippen LogP contribution in [0.1, 0.15) is 39.0 Å². The number of rotatable bonds is 6. The van der Waals surface area contributed by atoms with Crippen LogP contribution in [-0.4, -0.2) is 49.1 Å². The maximum Gasteiger partial charge on any atom is 0.0110 e. The quantitative estimate of drug-likeness (QED) is 0.620. The summed E-state index contributed by atoms with van der Waals surface area (Å²) >= 11 is 0. The second kappa shape index (κ2) is 5.86. The number of unbranched alkanes of at least 4 members (excludes halogenated alkanes) is 2. The Morgan fingerprint density at radius 2 is 1.60 bits per heavy atom. The molecule has 2 fully saturated rings. The third-order valence-electron chi connectivity index (χ3n) is 3.76. The van der Waals surface area contributed by atoms with Crippen molar-refractivity contribution in [2.24, 2.45) is 5.92 Å². The van der Waals surface area contributed by atoms with E-state index >= 15 is 0 Å². The normalized spacial score (nSPS) is 24.6. The summed E-state index contributed by atoms with van der Waals surface area (Å²) in [5.41, 5.74) is 0. The van der Waals surface area contributed by atoms with Crippen LogP contribution in [0, 0.1) is 5.92 Å². The van der Waals surface area contributed by atoms with Crippen molar-refractivity contribution < 1.29 is 0 Å². The molecule has 2 aliphatic rings. The lowest BCUT2D eigenvalue weighted by Crippen LogP contribution is -2.47. The molecule has 1 saturated carbocycles. The van der Waals surface area contributed by atoms with Crippen LogP contribution in [0.4, 0.5) is 0 Å². The van der Waals surface area contributed by atoms with Gasteiger partial charge in [-0.05, 0) is 31.7 Å². The summed E-state index contributed by atoms with van der Waals surface area (Å²) < 4.78 is 0. The van der Waals surface area contributed by atoms with Crippen molar-refractivity contribution in [2.45, 2.75) is 39.0 Å². The highest BCUT2D eigenvalue weighted by Gasteiger charge is 2.25. The van der Waals surface area contributed by atoms with Gasteiger partial charge in [0.15, 0.2) is 0 Å². The average molecular weight is 210 g/mol. The van der Waals surface area contributed by atoms with E-state index in [9.17, 15) is 0 Å². The number of hydrogen-bond acceptors (Lipinski definition) is 2. The van der Waals surface area contributed by atoms with Crippen LogP contribution in [0.2, 0.25) is 0 Å². The van der Waals surface area contributed by atoms with E-state index in [0.717, 1.165) is 5.92 Å². The minimum absolute atomic E-state index is 1.07. The molecule has 0 amide bonds. The second-order valence-electron chi connectivity index (χ2n) is 5.29. The molecule has 1 aliphatic heterocycles. The van der Waals surface area contributed by atoms with E-state index in [1.165, 1.54) is 71.4 Å². The summed E-state index contributed by atoms with van der Waals surface area (Å²) in [5, 5.41) is 0. The summed E-state index contributed by atoms with van der Waals surface area (Å²) in [6.45, 7) is 10.3. The molecule has 88 valence electrons. The standard InChI is InChI=1S/C13H26N2/c1-2-3-4-7-14-8-10-15(11-9-14)12-13-5-6-13/h13H,2-12H2,1H3. The fraction of sp³-hybridized carbons (Fsp3) is 1.00. The molecular formula is C13H26N2. The molecule has 2 heteroatoms. The summed E-state index contributed by atoms with van der Waals surface area (Å²) in [6.07, 6.45) is 7.15. The van der Waals surface area contributed by atoms with Gasteiger partial charge in [0.2, 0.25) is 0 Å². The number of nitrogens with zero attached hydrogens (tertiary/aromatic N) is 2. The first kappa shape index (κ1) is 11.4. The van der Waals surface area contributed by atoms with Gasteiger partial charge in [-0.15, -0.1) is 0 Å². The number of hydrogen-bond donors (Lipinski definition) is 0. The first-order valence-corrected chi connectivity index (χ1v) is 6.83. The Bertz CT molecular complexity index is 169. The van der Waals surface area contributed by atoms with Gasteiger partial charge in [-0.2, -0.15) is 0 Å². The predicted octanol–water partition coefficient (Wildman–Crippen LogP) is 2.20. The lowest BCUT2D eigenvalue weighted by Gasteiger charge is -2.34. The predicted molar refractivity (Wildman–Crippen MR) is 65.1 cm³/mol. The highest BCUT2D eigenvalue weighted by molar-refractivity contribution is 4.80. The molecule has 0 N–H and O–H groups in total. The van der Waals surface area contributed by atoms with Crippen molar-refractivity contribution in [1.29, 1.82) is 0 Å². The molecule has 0 unspecified atom stereocenters. The van der Waals surface area contributed by atoms with Gasteiger partial charge >= 0.3 is 0 Å². The van der Waals surface area contributed by atoms with Crippen molar-refractivity contribution >= 4 is 0 Å². The lowest BCUT2D eigenvalue weighted by atomic mass is 10.2. The van der Waals surface area contributed by atoms with Crippen LogP contribution in [-0.2, 0) is 0 Å². The van der Waals surface area contributed by atoms with Crippen LogP contribution in [0.25, 0.3) is 0 Å². The van der Waals surface area contributed by atoms with Crippen LogP contribution >= 0.6 is 0 Å². The Kier molecular flexibility index (Phi) is 4.45. The van der Waals surface area contributed by atoms with Crippen molar-refractivity contribution in [3.05, 3.63) is 0 Å². The minimum atomic E-state index is 1.07. The first-order valence-electron chi connectivity index (χ1n) is 6.83. The molecule has 1 saturated heterocycles. The number of piperazine rings is 1. The summed E-state index contributed by atoms with van der Waals surface area (Å²) in [6, 6.07) is 0. The highest BCUT2D eigenvalue weighted by Crippen LogP contribution is 2.29. The van der Waals surface area contributed by atoms with Crippen LogP contribution in [0.15, 0.2) is 0 Å². The van der Waals surface area contributed by atoms with Crippen molar-refractivity contribution in [1.82, 2.24) is 9.80 Å². The van der Waals surface area contributed by atoms with Crippen molar-refractivity contribution in [3.8, 4) is 0 Å². The molecule has 0 radical (unpaired) electrons. The van der Waals surface area contributed by atoms with Gasteiger partial charge in [0.25, 0.3) is 0 Å². The zero-order valence-corrected chi connectivity index (χ0v) is 10.2. The van der Waals surface area contributed by atoms with Gasteiger partial charge in [0.05, 0.1) is 0 Å². The molecular weight excluding hydrogens is 184 g/mol. The molecule has 2 nitrogen and oxygen atoms in total. The lowest BCUT2D eigenvalue weighted by molar-refractivity contribution is 0.127. The van der Waals surface area contributed by atoms with Gasteiger partial charge in [-0.1, -0.05) is 19.8 Å². The Hall–Kier alpha value is -0.0800. The SMILES string of the molecule is CCCCCN1CCN(CC2CC2)CC1. The largest absolute Gasteiger partial charge is 0.301 e. The fourth-order valence-corrected chi connectivity index (χ4v) is 2.45. The van der Waals surface area contributed by atoms with E-state index in [1.54, 1.807) is 0 Å². The molecule has 0 aromatic carbocycles. The maximum atomic E-state index is 2.67. The third kappa shape index (κ3) is 4.12. The van der Waals surface area contributed by atoms with Gasteiger partial charge in [-0.25, -0.2) is 0 Å². The summed E-state index contributed by atoms with van der Waals surface area (Å²) in [4.78, 5) is 5.33. The Morgan fingerprint density at radius 3 is 2.20 bits per heavy atom.